The van der Waals surface area contributed by atoms with Gasteiger partial charge in [-0.2, -0.15) is 0 Å². The molecule has 0 aromatic rings. The first-order chi connectivity index (χ1) is 5.82. The van der Waals surface area contributed by atoms with Gasteiger partial charge in [-0.15, -0.1) is 0 Å². The third-order valence-electron chi connectivity index (χ3n) is 3.56. The standard InChI is InChI=1S/C11H23NO/c1-5-9(12)11(13)7-10(3,4)6-8(11)2/h8-9,13H,5-7,12H2,1-4H3. The Hall–Kier alpha value is -0.0800. The molecular formula is C11H23NO. The average molecular weight is 185 g/mol. The van der Waals surface area contributed by atoms with Crippen LogP contribution in [-0.4, -0.2) is 16.7 Å². The maximum Gasteiger partial charge on any atom is 0.0828 e. The molecule has 1 rings (SSSR count). The molecule has 3 atom stereocenters. The molecule has 13 heavy (non-hydrogen) atoms. The molecule has 0 bridgehead atoms. The van der Waals surface area contributed by atoms with Gasteiger partial charge in [0.1, 0.15) is 0 Å². The molecule has 0 aliphatic heterocycles. The van der Waals surface area contributed by atoms with Crippen LogP contribution in [0.4, 0.5) is 0 Å². The molecule has 1 fully saturated rings. The number of nitrogens with two attached hydrogens (primary N) is 1. The van der Waals surface area contributed by atoms with Crippen LogP contribution in [0.1, 0.15) is 47.0 Å². The van der Waals surface area contributed by atoms with Crippen molar-refractivity contribution in [2.45, 2.75) is 58.6 Å². The highest BCUT2D eigenvalue weighted by Gasteiger charge is 2.50. The van der Waals surface area contributed by atoms with E-state index in [1.807, 2.05) is 6.92 Å². The summed E-state index contributed by atoms with van der Waals surface area (Å²) >= 11 is 0. The van der Waals surface area contributed by atoms with Crippen LogP contribution in [0, 0.1) is 11.3 Å². The number of rotatable bonds is 2. The summed E-state index contributed by atoms with van der Waals surface area (Å²) in [5.41, 5.74) is 5.60. The Morgan fingerprint density at radius 1 is 1.54 bits per heavy atom. The van der Waals surface area contributed by atoms with Gasteiger partial charge < -0.3 is 10.8 Å². The molecular weight excluding hydrogens is 162 g/mol. The van der Waals surface area contributed by atoms with Crippen molar-refractivity contribution in [1.29, 1.82) is 0 Å². The van der Waals surface area contributed by atoms with E-state index in [-0.39, 0.29) is 11.5 Å². The van der Waals surface area contributed by atoms with Crippen LogP contribution in [0.2, 0.25) is 0 Å². The quantitative estimate of drug-likeness (QED) is 0.690. The number of hydrogen-bond donors (Lipinski definition) is 2. The summed E-state index contributed by atoms with van der Waals surface area (Å²) in [6, 6.07) is -0.0655. The zero-order chi connectivity index (χ0) is 10.3. The normalized spacial score (nSPS) is 40.6. The van der Waals surface area contributed by atoms with Gasteiger partial charge in [0.25, 0.3) is 0 Å². The van der Waals surface area contributed by atoms with E-state index in [4.69, 9.17) is 5.73 Å². The van der Waals surface area contributed by atoms with Crippen LogP contribution in [0.15, 0.2) is 0 Å². The van der Waals surface area contributed by atoms with E-state index in [0.717, 1.165) is 19.3 Å². The van der Waals surface area contributed by atoms with E-state index in [1.54, 1.807) is 0 Å². The van der Waals surface area contributed by atoms with Crippen molar-refractivity contribution < 1.29 is 5.11 Å². The minimum absolute atomic E-state index is 0.0655. The molecule has 0 spiro atoms. The molecule has 3 N–H and O–H groups in total. The molecule has 78 valence electrons. The van der Waals surface area contributed by atoms with Gasteiger partial charge in [0.15, 0.2) is 0 Å². The lowest BCUT2D eigenvalue weighted by Crippen LogP contribution is -2.49. The van der Waals surface area contributed by atoms with Gasteiger partial charge in [-0.25, -0.2) is 0 Å². The molecule has 2 heteroatoms. The van der Waals surface area contributed by atoms with Gasteiger partial charge in [-0.1, -0.05) is 27.7 Å². The van der Waals surface area contributed by atoms with Gasteiger partial charge in [-0.05, 0) is 30.6 Å². The predicted octanol–water partition coefficient (Wildman–Crippen LogP) is 1.91. The minimum atomic E-state index is -0.627. The monoisotopic (exact) mass is 185 g/mol. The van der Waals surface area contributed by atoms with Crippen LogP contribution in [-0.2, 0) is 0 Å². The largest absolute Gasteiger partial charge is 0.388 e. The summed E-state index contributed by atoms with van der Waals surface area (Å²) in [6.45, 7) is 8.58. The lowest BCUT2D eigenvalue weighted by molar-refractivity contribution is -0.0210. The third kappa shape index (κ3) is 1.89. The topological polar surface area (TPSA) is 46.2 Å². The Labute approximate surface area is 81.5 Å². The maximum absolute atomic E-state index is 10.4. The summed E-state index contributed by atoms with van der Waals surface area (Å²) in [4.78, 5) is 0. The van der Waals surface area contributed by atoms with Crippen molar-refractivity contribution in [1.82, 2.24) is 0 Å². The first-order valence-electron chi connectivity index (χ1n) is 5.30. The predicted molar refractivity (Wildman–Crippen MR) is 55.4 cm³/mol. The maximum atomic E-state index is 10.4. The van der Waals surface area contributed by atoms with Crippen molar-refractivity contribution in [2.24, 2.45) is 17.1 Å². The fraction of sp³-hybridized carbons (Fsp3) is 1.00. The Kier molecular flexibility index (Phi) is 2.75. The second kappa shape index (κ2) is 3.25. The highest BCUT2D eigenvalue weighted by atomic mass is 16.3. The average Bonchev–Trinajstić information content (AvgIpc) is 2.20. The van der Waals surface area contributed by atoms with Crippen molar-refractivity contribution in [3.8, 4) is 0 Å². The molecule has 0 heterocycles. The molecule has 0 aromatic carbocycles. The van der Waals surface area contributed by atoms with Gasteiger partial charge in [0, 0.05) is 6.04 Å². The van der Waals surface area contributed by atoms with Gasteiger partial charge >= 0.3 is 0 Å². The molecule has 1 aliphatic carbocycles. The van der Waals surface area contributed by atoms with Crippen molar-refractivity contribution >= 4 is 0 Å². The first kappa shape index (κ1) is 11.0. The summed E-state index contributed by atoms with van der Waals surface area (Å²) in [5.74, 6) is 0.331. The van der Waals surface area contributed by atoms with Crippen LogP contribution in [0.25, 0.3) is 0 Å². The second-order valence-electron chi connectivity index (χ2n) is 5.45. The SMILES string of the molecule is CCC(N)C1(O)CC(C)(C)CC1C. The second-order valence-corrected chi connectivity index (χ2v) is 5.45. The highest BCUT2D eigenvalue weighted by Crippen LogP contribution is 2.48. The zero-order valence-corrected chi connectivity index (χ0v) is 9.30. The van der Waals surface area contributed by atoms with E-state index < -0.39 is 5.60 Å². The lowest BCUT2D eigenvalue weighted by Gasteiger charge is -2.34. The molecule has 2 nitrogen and oxygen atoms in total. The zero-order valence-electron chi connectivity index (χ0n) is 9.30. The summed E-state index contributed by atoms with van der Waals surface area (Å²) in [7, 11) is 0. The van der Waals surface area contributed by atoms with E-state index in [9.17, 15) is 5.11 Å². The number of aliphatic hydroxyl groups is 1. The fourth-order valence-electron chi connectivity index (χ4n) is 2.87. The highest BCUT2D eigenvalue weighted by molar-refractivity contribution is 5.03. The van der Waals surface area contributed by atoms with Gasteiger partial charge in [0.05, 0.1) is 5.60 Å². The fourth-order valence-corrected chi connectivity index (χ4v) is 2.87. The molecule has 1 saturated carbocycles. The summed E-state index contributed by atoms with van der Waals surface area (Å²) < 4.78 is 0. The smallest absolute Gasteiger partial charge is 0.0828 e. The molecule has 0 aromatic heterocycles. The molecule has 3 unspecified atom stereocenters. The van der Waals surface area contributed by atoms with Crippen LogP contribution >= 0.6 is 0 Å². The first-order valence-corrected chi connectivity index (χ1v) is 5.30. The van der Waals surface area contributed by atoms with Crippen molar-refractivity contribution in [2.75, 3.05) is 0 Å². The van der Waals surface area contributed by atoms with E-state index in [1.165, 1.54) is 0 Å². The summed E-state index contributed by atoms with van der Waals surface area (Å²) in [5, 5.41) is 10.4. The van der Waals surface area contributed by atoms with Crippen LogP contribution < -0.4 is 5.73 Å². The Morgan fingerprint density at radius 2 is 2.08 bits per heavy atom. The lowest BCUT2D eigenvalue weighted by atomic mass is 9.83. The van der Waals surface area contributed by atoms with Crippen LogP contribution in [0.3, 0.4) is 0 Å². The van der Waals surface area contributed by atoms with Gasteiger partial charge in [0.2, 0.25) is 0 Å². The molecule has 0 radical (unpaired) electrons. The molecule has 1 aliphatic rings. The Balaban J connectivity index is 2.80. The minimum Gasteiger partial charge on any atom is -0.388 e. The molecule has 0 amide bonds. The summed E-state index contributed by atoms with van der Waals surface area (Å²) in [6.07, 6.45) is 2.78. The molecule has 0 saturated heterocycles. The van der Waals surface area contributed by atoms with E-state index in [2.05, 4.69) is 20.8 Å². The number of hydrogen-bond acceptors (Lipinski definition) is 2. The van der Waals surface area contributed by atoms with Crippen molar-refractivity contribution in [3.63, 3.8) is 0 Å². The van der Waals surface area contributed by atoms with E-state index in [0.29, 0.717) is 5.92 Å². The Bertz CT molecular complexity index is 191. The third-order valence-corrected chi connectivity index (χ3v) is 3.56. The Morgan fingerprint density at radius 3 is 2.38 bits per heavy atom. The van der Waals surface area contributed by atoms with E-state index >= 15 is 0 Å². The van der Waals surface area contributed by atoms with Gasteiger partial charge in [-0.3, -0.25) is 0 Å². The van der Waals surface area contributed by atoms with Crippen molar-refractivity contribution in [3.05, 3.63) is 0 Å². The van der Waals surface area contributed by atoms with Crippen LogP contribution in [0.5, 0.6) is 0 Å².